The van der Waals surface area contributed by atoms with Crippen molar-refractivity contribution >= 4 is 51.7 Å². The molecule has 2 amide bonds. The normalized spacial score (nSPS) is 10.3. The molecule has 7 heteroatoms. The number of nitrogens with zero attached hydrogens (tertiary/aromatic N) is 1. The van der Waals surface area contributed by atoms with Crippen molar-refractivity contribution in [3.8, 4) is 0 Å². The molecule has 0 spiro atoms. The maximum absolute atomic E-state index is 12.7. The molecule has 1 aromatic heterocycles. The van der Waals surface area contributed by atoms with E-state index in [9.17, 15) is 9.59 Å². The fourth-order valence-corrected chi connectivity index (χ4v) is 3.14. The van der Waals surface area contributed by atoms with Crippen molar-refractivity contribution in [1.82, 2.24) is 10.3 Å². The van der Waals surface area contributed by atoms with Gasteiger partial charge in [-0.05, 0) is 64.6 Å². The van der Waals surface area contributed by atoms with Crippen LogP contribution in [0.15, 0.2) is 67.0 Å². The molecule has 0 radical (unpaired) electrons. The van der Waals surface area contributed by atoms with Crippen molar-refractivity contribution in [2.24, 2.45) is 0 Å². The number of halogens is 2. The second kappa shape index (κ2) is 8.96. The van der Waals surface area contributed by atoms with Gasteiger partial charge in [-0.25, -0.2) is 0 Å². The van der Waals surface area contributed by atoms with Crippen LogP contribution >= 0.6 is 34.2 Å². The van der Waals surface area contributed by atoms with Crippen LogP contribution in [0, 0.1) is 3.57 Å². The average molecular weight is 492 g/mol. The van der Waals surface area contributed by atoms with Gasteiger partial charge in [0, 0.05) is 22.5 Å². The average Bonchev–Trinajstić information content (AvgIpc) is 2.68. The summed E-state index contributed by atoms with van der Waals surface area (Å²) in [5, 5.41) is 5.97. The number of carbonyl (C=O) groups excluding carboxylic acids is 2. The number of hydrogen-bond donors (Lipinski definition) is 2. The van der Waals surface area contributed by atoms with Crippen molar-refractivity contribution < 1.29 is 9.59 Å². The van der Waals surface area contributed by atoms with Crippen LogP contribution in [0.2, 0.25) is 5.02 Å². The third-order valence-electron chi connectivity index (χ3n) is 3.77. The Bertz CT molecular complexity index is 980. The SMILES string of the molecule is O=C(Nc1ccc(I)cc1C(=O)NCc1cccnc1)c1ccccc1Cl. The molecular weight excluding hydrogens is 477 g/mol. The number of pyridine rings is 1. The Hall–Kier alpha value is -2.45. The zero-order valence-corrected chi connectivity index (χ0v) is 17.0. The summed E-state index contributed by atoms with van der Waals surface area (Å²) in [6, 6.07) is 15.7. The Labute approximate surface area is 175 Å². The number of anilines is 1. The summed E-state index contributed by atoms with van der Waals surface area (Å²) >= 11 is 8.21. The molecule has 0 aliphatic heterocycles. The summed E-state index contributed by atoms with van der Waals surface area (Å²) in [7, 11) is 0. The van der Waals surface area contributed by atoms with Gasteiger partial charge in [0.25, 0.3) is 11.8 Å². The molecule has 0 unspecified atom stereocenters. The van der Waals surface area contributed by atoms with E-state index in [4.69, 9.17) is 11.6 Å². The van der Waals surface area contributed by atoms with Gasteiger partial charge in [0.05, 0.1) is 21.8 Å². The molecule has 5 nitrogen and oxygen atoms in total. The van der Waals surface area contributed by atoms with E-state index in [-0.39, 0.29) is 11.8 Å². The molecule has 27 heavy (non-hydrogen) atoms. The van der Waals surface area contributed by atoms with E-state index >= 15 is 0 Å². The van der Waals surface area contributed by atoms with Gasteiger partial charge in [-0.1, -0.05) is 29.8 Å². The highest BCUT2D eigenvalue weighted by molar-refractivity contribution is 14.1. The maximum Gasteiger partial charge on any atom is 0.257 e. The number of amides is 2. The first-order valence-corrected chi connectivity index (χ1v) is 9.53. The smallest absolute Gasteiger partial charge is 0.257 e. The number of nitrogens with one attached hydrogen (secondary N) is 2. The lowest BCUT2D eigenvalue weighted by Gasteiger charge is -2.13. The van der Waals surface area contributed by atoms with Gasteiger partial charge >= 0.3 is 0 Å². The standard InChI is InChI=1S/C20H15ClIN3O2/c21-17-6-2-1-5-15(17)20(27)25-18-8-7-14(22)10-16(18)19(26)24-12-13-4-3-9-23-11-13/h1-11H,12H2,(H,24,26)(H,25,27). The largest absolute Gasteiger partial charge is 0.348 e. The Morgan fingerprint density at radius 3 is 2.56 bits per heavy atom. The van der Waals surface area contributed by atoms with Gasteiger partial charge < -0.3 is 10.6 Å². The third-order valence-corrected chi connectivity index (χ3v) is 4.77. The second-order valence-corrected chi connectivity index (χ2v) is 7.32. The van der Waals surface area contributed by atoms with Gasteiger partial charge in [0.15, 0.2) is 0 Å². The van der Waals surface area contributed by atoms with Crippen molar-refractivity contribution in [2.75, 3.05) is 5.32 Å². The van der Waals surface area contributed by atoms with Crippen LogP contribution in [0.1, 0.15) is 26.3 Å². The molecule has 136 valence electrons. The second-order valence-electron chi connectivity index (χ2n) is 5.67. The fraction of sp³-hybridized carbons (Fsp3) is 0.0500. The minimum Gasteiger partial charge on any atom is -0.348 e. The predicted octanol–water partition coefficient (Wildman–Crippen LogP) is 4.52. The van der Waals surface area contributed by atoms with Crippen molar-refractivity contribution in [1.29, 1.82) is 0 Å². The Kier molecular flexibility index (Phi) is 6.41. The van der Waals surface area contributed by atoms with Crippen LogP contribution in [0.25, 0.3) is 0 Å². The number of aromatic nitrogens is 1. The van der Waals surface area contributed by atoms with Crippen LogP contribution < -0.4 is 10.6 Å². The van der Waals surface area contributed by atoms with E-state index in [2.05, 4.69) is 38.2 Å². The Balaban J connectivity index is 1.79. The predicted molar refractivity (Wildman–Crippen MR) is 114 cm³/mol. The molecule has 0 bridgehead atoms. The minimum atomic E-state index is -0.372. The van der Waals surface area contributed by atoms with Crippen LogP contribution in [-0.4, -0.2) is 16.8 Å². The van der Waals surface area contributed by atoms with Gasteiger partial charge in [0.1, 0.15) is 0 Å². The summed E-state index contributed by atoms with van der Waals surface area (Å²) < 4.78 is 0.884. The minimum absolute atomic E-state index is 0.285. The molecule has 3 aromatic rings. The van der Waals surface area contributed by atoms with Gasteiger partial charge in [-0.3, -0.25) is 14.6 Å². The molecule has 0 aliphatic rings. The number of benzene rings is 2. The maximum atomic E-state index is 12.7. The highest BCUT2D eigenvalue weighted by Gasteiger charge is 2.16. The monoisotopic (exact) mass is 491 g/mol. The number of rotatable bonds is 5. The van der Waals surface area contributed by atoms with E-state index in [1.165, 1.54) is 0 Å². The molecule has 0 fully saturated rings. The van der Waals surface area contributed by atoms with E-state index < -0.39 is 0 Å². The number of carbonyl (C=O) groups is 2. The third kappa shape index (κ3) is 5.05. The zero-order chi connectivity index (χ0) is 19.2. The molecular formula is C20H15ClIN3O2. The van der Waals surface area contributed by atoms with Crippen molar-refractivity contribution in [3.63, 3.8) is 0 Å². The van der Waals surface area contributed by atoms with Crippen LogP contribution in [0.4, 0.5) is 5.69 Å². The van der Waals surface area contributed by atoms with Gasteiger partial charge in [-0.2, -0.15) is 0 Å². The molecule has 0 atom stereocenters. The number of hydrogen-bond acceptors (Lipinski definition) is 3. The van der Waals surface area contributed by atoms with Crippen LogP contribution in [-0.2, 0) is 6.54 Å². The molecule has 0 saturated carbocycles. The molecule has 1 heterocycles. The molecule has 0 saturated heterocycles. The highest BCUT2D eigenvalue weighted by atomic mass is 127. The summed E-state index contributed by atoms with van der Waals surface area (Å²) in [5.41, 5.74) is 2.03. The summed E-state index contributed by atoms with van der Waals surface area (Å²) in [5.74, 6) is -0.657. The quantitative estimate of drug-likeness (QED) is 0.516. The van der Waals surface area contributed by atoms with E-state index in [1.54, 1.807) is 48.8 Å². The fourth-order valence-electron chi connectivity index (χ4n) is 2.43. The summed E-state index contributed by atoms with van der Waals surface area (Å²) in [6.45, 7) is 0.343. The van der Waals surface area contributed by atoms with Crippen LogP contribution in [0.3, 0.4) is 0 Å². The first kappa shape index (κ1) is 19.3. The van der Waals surface area contributed by atoms with Crippen molar-refractivity contribution in [2.45, 2.75) is 6.54 Å². The van der Waals surface area contributed by atoms with E-state index in [1.807, 2.05) is 18.2 Å². The Morgan fingerprint density at radius 2 is 1.81 bits per heavy atom. The molecule has 0 aliphatic carbocycles. The van der Waals surface area contributed by atoms with Crippen LogP contribution in [0.5, 0.6) is 0 Å². The molecule has 2 N–H and O–H groups in total. The first-order chi connectivity index (χ1) is 13.0. The summed E-state index contributed by atoms with van der Waals surface area (Å²) in [6.07, 6.45) is 3.36. The molecule has 3 rings (SSSR count). The lowest BCUT2D eigenvalue weighted by molar-refractivity contribution is 0.0951. The van der Waals surface area contributed by atoms with Gasteiger partial charge in [-0.15, -0.1) is 0 Å². The highest BCUT2D eigenvalue weighted by Crippen LogP contribution is 2.22. The van der Waals surface area contributed by atoms with Gasteiger partial charge in [0.2, 0.25) is 0 Å². The zero-order valence-electron chi connectivity index (χ0n) is 14.1. The first-order valence-electron chi connectivity index (χ1n) is 8.07. The molecule has 2 aromatic carbocycles. The lowest BCUT2D eigenvalue weighted by Crippen LogP contribution is -2.25. The van der Waals surface area contributed by atoms with E-state index in [0.717, 1.165) is 9.13 Å². The topological polar surface area (TPSA) is 71.1 Å². The van der Waals surface area contributed by atoms with Crippen molar-refractivity contribution in [3.05, 3.63) is 92.3 Å². The summed E-state index contributed by atoms with van der Waals surface area (Å²) in [4.78, 5) is 29.2. The lowest BCUT2D eigenvalue weighted by atomic mass is 10.1. The van der Waals surface area contributed by atoms with E-state index in [0.29, 0.717) is 28.4 Å². The Morgan fingerprint density at radius 1 is 1.00 bits per heavy atom.